The van der Waals surface area contributed by atoms with Crippen LogP contribution in [0.5, 0.6) is 0 Å². The second-order valence-electron chi connectivity index (χ2n) is 4.83. The Morgan fingerprint density at radius 1 is 1.19 bits per heavy atom. The van der Waals surface area contributed by atoms with Gasteiger partial charge in [-0.1, -0.05) is 30.3 Å². The highest BCUT2D eigenvalue weighted by molar-refractivity contribution is 7.18. The Balaban J connectivity index is 1.93. The molecule has 0 fully saturated rings. The van der Waals surface area contributed by atoms with Gasteiger partial charge in [-0.2, -0.15) is 5.26 Å². The molecule has 0 radical (unpaired) electrons. The SMILES string of the molecule is CNC(Cc1ccccc1C#N)c1nc2ccccc2s1. The van der Waals surface area contributed by atoms with Crippen LogP contribution >= 0.6 is 11.3 Å². The minimum absolute atomic E-state index is 0.122. The first-order valence-corrected chi connectivity index (χ1v) is 7.64. The number of rotatable bonds is 4. The topological polar surface area (TPSA) is 48.7 Å². The summed E-state index contributed by atoms with van der Waals surface area (Å²) in [5.41, 5.74) is 2.82. The first-order chi connectivity index (χ1) is 10.3. The number of hydrogen-bond donors (Lipinski definition) is 1. The smallest absolute Gasteiger partial charge is 0.111 e. The quantitative estimate of drug-likeness (QED) is 0.798. The Morgan fingerprint density at radius 2 is 1.95 bits per heavy atom. The number of hydrogen-bond acceptors (Lipinski definition) is 4. The van der Waals surface area contributed by atoms with Gasteiger partial charge < -0.3 is 5.32 Å². The van der Waals surface area contributed by atoms with Gasteiger partial charge in [0.2, 0.25) is 0 Å². The van der Waals surface area contributed by atoms with E-state index < -0.39 is 0 Å². The summed E-state index contributed by atoms with van der Waals surface area (Å²) in [7, 11) is 1.94. The van der Waals surface area contributed by atoms with Crippen molar-refractivity contribution in [1.82, 2.24) is 10.3 Å². The number of nitrogens with zero attached hydrogens (tertiary/aromatic N) is 2. The Morgan fingerprint density at radius 3 is 2.71 bits per heavy atom. The van der Waals surface area contributed by atoms with E-state index in [0.29, 0.717) is 0 Å². The average molecular weight is 293 g/mol. The number of aromatic nitrogens is 1. The van der Waals surface area contributed by atoms with E-state index in [1.54, 1.807) is 11.3 Å². The number of thiazole rings is 1. The van der Waals surface area contributed by atoms with E-state index in [0.717, 1.165) is 28.1 Å². The predicted octanol–water partition coefficient (Wildman–Crippen LogP) is 3.67. The van der Waals surface area contributed by atoms with Crippen LogP contribution in [-0.4, -0.2) is 12.0 Å². The van der Waals surface area contributed by atoms with Gasteiger partial charge in [0, 0.05) is 0 Å². The summed E-state index contributed by atoms with van der Waals surface area (Å²) in [5.74, 6) is 0. The summed E-state index contributed by atoms with van der Waals surface area (Å²) >= 11 is 1.71. The van der Waals surface area contributed by atoms with Gasteiger partial charge in [-0.3, -0.25) is 0 Å². The van der Waals surface area contributed by atoms with Gasteiger partial charge in [0.25, 0.3) is 0 Å². The maximum absolute atomic E-state index is 9.21. The fourth-order valence-corrected chi connectivity index (χ4v) is 3.46. The molecule has 0 amide bonds. The summed E-state index contributed by atoms with van der Waals surface area (Å²) in [6, 6.07) is 18.3. The molecule has 0 aliphatic carbocycles. The Kier molecular flexibility index (Phi) is 3.96. The summed E-state index contributed by atoms with van der Waals surface area (Å²) in [6.07, 6.45) is 0.764. The van der Waals surface area contributed by atoms with Gasteiger partial charge in [-0.25, -0.2) is 4.98 Å². The number of nitriles is 1. The standard InChI is InChI=1S/C17H15N3S/c1-19-15(10-12-6-2-3-7-13(12)11-18)17-20-14-8-4-5-9-16(14)21-17/h2-9,15,19H,10H2,1H3. The highest BCUT2D eigenvalue weighted by atomic mass is 32.1. The fourth-order valence-electron chi connectivity index (χ4n) is 2.38. The summed E-state index contributed by atoms with van der Waals surface area (Å²) in [5, 5.41) is 13.6. The monoisotopic (exact) mass is 293 g/mol. The molecule has 3 rings (SSSR count). The lowest BCUT2D eigenvalue weighted by Crippen LogP contribution is -2.19. The van der Waals surface area contributed by atoms with E-state index in [4.69, 9.17) is 4.98 Å². The zero-order valence-corrected chi connectivity index (χ0v) is 12.5. The minimum Gasteiger partial charge on any atom is -0.311 e. The van der Waals surface area contributed by atoms with Crippen LogP contribution in [0, 0.1) is 11.3 Å². The Labute approximate surface area is 127 Å². The summed E-state index contributed by atoms with van der Waals surface area (Å²) in [6.45, 7) is 0. The van der Waals surface area contributed by atoms with Crippen molar-refractivity contribution in [2.75, 3.05) is 7.05 Å². The van der Waals surface area contributed by atoms with E-state index in [9.17, 15) is 5.26 Å². The van der Waals surface area contributed by atoms with Crippen LogP contribution in [0.1, 0.15) is 22.2 Å². The minimum atomic E-state index is 0.122. The third kappa shape index (κ3) is 2.80. The first-order valence-electron chi connectivity index (χ1n) is 6.82. The second kappa shape index (κ2) is 6.04. The van der Waals surface area contributed by atoms with E-state index in [1.165, 1.54) is 4.70 Å². The third-order valence-electron chi connectivity index (χ3n) is 3.52. The fraction of sp³-hybridized carbons (Fsp3) is 0.176. The molecule has 0 bridgehead atoms. The van der Waals surface area contributed by atoms with Crippen molar-refractivity contribution in [3.63, 3.8) is 0 Å². The summed E-state index contributed by atoms with van der Waals surface area (Å²) in [4.78, 5) is 4.71. The van der Waals surface area contributed by atoms with E-state index in [1.807, 2.05) is 49.5 Å². The van der Waals surface area contributed by atoms with Gasteiger partial charge in [0.05, 0.1) is 27.9 Å². The predicted molar refractivity (Wildman–Crippen MR) is 86.3 cm³/mol. The average Bonchev–Trinajstić information content (AvgIpc) is 2.96. The molecule has 3 aromatic rings. The largest absolute Gasteiger partial charge is 0.311 e. The third-order valence-corrected chi connectivity index (χ3v) is 4.67. The molecule has 21 heavy (non-hydrogen) atoms. The van der Waals surface area contributed by atoms with Crippen molar-refractivity contribution in [3.8, 4) is 6.07 Å². The van der Waals surface area contributed by atoms with Gasteiger partial charge >= 0.3 is 0 Å². The number of likely N-dealkylation sites (N-methyl/N-ethyl adjacent to an activating group) is 1. The zero-order chi connectivity index (χ0) is 14.7. The van der Waals surface area contributed by atoms with E-state index in [-0.39, 0.29) is 6.04 Å². The molecule has 104 valence electrons. The van der Waals surface area contributed by atoms with Crippen molar-refractivity contribution in [3.05, 3.63) is 64.7 Å². The molecule has 3 nitrogen and oxygen atoms in total. The van der Waals surface area contributed by atoms with Crippen molar-refractivity contribution in [1.29, 1.82) is 5.26 Å². The number of nitrogens with one attached hydrogen (secondary N) is 1. The molecular formula is C17H15N3S. The molecule has 0 saturated heterocycles. The van der Waals surface area contributed by atoms with Crippen LogP contribution in [0.2, 0.25) is 0 Å². The first kappa shape index (κ1) is 13.7. The van der Waals surface area contributed by atoms with Crippen LogP contribution in [0.25, 0.3) is 10.2 Å². The zero-order valence-electron chi connectivity index (χ0n) is 11.7. The second-order valence-corrected chi connectivity index (χ2v) is 5.90. The molecule has 1 heterocycles. The van der Waals surface area contributed by atoms with Crippen LogP contribution in [0.3, 0.4) is 0 Å². The van der Waals surface area contributed by atoms with E-state index in [2.05, 4.69) is 17.5 Å². The molecule has 0 saturated carbocycles. The van der Waals surface area contributed by atoms with E-state index >= 15 is 0 Å². The molecule has 2 aromatic carbocycles. The van der Waals surface area contributed by atoms with Crippen molar-refractivity contribution in [2.45, 2.75) is 12.5 Å². The Hall–Kier alpha value is -2.22. The summed E-state index contributed by atoms with van der Waals surface area (Å²) < 4.78 is 1.20. The molecule has 1 atom stereocenters. The molecular weight excluding hydrogens is 278 g/mol. The number of fused-ring (bicyclic) bond motifs is 1. The molecule has 0 aliphatic rings. The highest BCUT2D eigenvalue weighted by Gasteiger charge is 2.16. The van der Waals surface area contributed by atoms with Crippen LogP contribution < -0.4 is 5.32 Å². The van der Waals surface area contributed by atoms with Gasteiger partial charge in [-0.05, 0) is 37.2 Å². The number of benzene rings is 2. The molecule has 1 aromatic heterocycles. The molecule has 0 spiro atoms. The molecule has 0 aliphatic heterocycles. The van der Waals surface area contributed by atoms with Gasteiger partial charge in [0.1, 0.15) is 5.01 Å². The van der Waals surface area contributed by atoms with Crippen molar-refractivity contribution in [2.24, 2.45) is 0 Å². The maximum Gasteiger partial charge on any atom is 0.111 e. The normalized spacial score (nSPS) is 12.2. The lowest BCUT2D eigenvalue weighted by molar-refractivity contribution is 0.589. The lowest BCUT2D eigenvalue weighted by atomic mass is 10.0. The lowest BCUT2D eigenvalue weighted by Gasteiger charge is -2.14. The van der Waals surface area contributed by atoms with Crippen molar-refractivity contribution < 1.29 is 0 Å². The maximum atomic E-state index is 9.21. The molecule has 4 heteroatoms. The Bertz CT molecular complexity index is 768. The van der Waals surface area contributed by atoms with Crippen LogP contribution in [0.15, 0.2) is 48.5 Å². The number of para-hydroxylation sites is 1. The van der Waals surface area contributed by atoms with Gasteiger partial charge in [0.15, 0.2) is 0 Å². The van der Waals surface area contributed by atoms with Crippen LogP contribution in [-0.2, 0) is 6.42 Å². The molecule has 1 unspecified atom stereocenters. The van der Waals surface area contributed by atoms with Crippen LogP contribution in [0.4, 0.5) is 0 Å². The van der Waals surface area contributed by atoms with Gasteiger partial charge in [-0.15, -0.1) is 11.3 Å². The highest BCUT2D eigenvalue weighted by Crippen LogP contribution is 2.28. The van der Waals surface area contributed by atoms with Crippen molar-refractivity contribution >= 4 is 21.6 Å². The molecule has 1 N–H and O–H groups in total.